The summed E-state index contributed by atoms with van der Waals surface area (Å²) in [6.07, 6.45) is 9.34. The van der Waals surface area contributed by atoms with E-state index in [1.54, 1.807) is 0 Å². The third-order valence-electron chi connectivity index (χ3n) is 8.18. The van der Waals surface area contributed by atoms with Gasteiger partial charge in [0.05, 0.1) is 0 Å². The Bertz CT molecular complexity index is 541. The Morgan fingerprint density at radius 3 is 2.58 bits per heavy atom. The van der Waals surface area contributed by atoms with Crippen LogP contribution in [-0.4, -0.2) is 17.9 Å². The zero-order valence-corrected chi connectivity index (χ0v) is 15.4. The molecule has 0 bridgehead atoms. The molecule has 0 aromatic carbocycles. The molecule has 4 saturated carbocycles. The van der Waals surface area contributed by atoms with Gasteiger partial charge < -0.3 is 4.74 Å². The maximum Gasteiger partial charge on any atom is 0.303 e. The predicted octanol–water partition coefficient (Wildman–Crippen LogP) is 4.39. The third-order valence-corrected chi connectivity index (χ3v) is 8.18. The fourth-order valence-corrected chi connectivity index (χ4v) is 7.08. The molecule has 0 amide bonds. The lowest BCUT2D eigenvalue weighted by atomic mass is 9.51. The molecule has 8 atom stereocenters. The first-order chi connectivity index (χ1) is 11.4. The molecule has 4 rings (SSSR count). The molecule has 4 aliphatic carbocycles. The second kappa shape index (κ2) is 5.85. The van der Waals surface area contributed by atoms with Crippen LogP contribution in [0.3, 0.4) is 0 Å². The zero-order valence-electron chi connectivity index (χ0n) is 15.4. The van der Waals surface area contributed by atoms with E-state index in [1.807, 2.05) is 0 Å². The van der Waals surface area contributed by atoms with Crippen LogP contribution in [-0.2, 0) is 14.3 Å². The summed E-state index contributed by atoms with van der Waals surface area (Å²) in [6.45, 7) is 6.07. The van der Waals surface area contributed by atoms with Crippen molar-refractivity contribution in [3.05, 3.63) is 0 Å². The van der Waals surface area contributed by atoms with Crippen molar-refractivity contribution >= 4 is 11.8 Å². The Labute approximate surface area is 145 Å². The van der Waals surface area contributed by atoms with Crippen LogP contribution >= 0.6 is 0 Å². The average Bonchev–Trinajstić information content (AvgIpc) is 2.75. The van der Waals surface area contributed by atoms with Crippen molar-refractivity contribution in [2.45, 2.75) is 78.2 Å². The van der Waals surface area contributed by atoms with Gasteiger partial charge in [0.2, 0.25) is 0 Å². The Kier molecular flexibility index (Phi) is 4.04. The van der Waals surface area contributed by atoms with Crippen molar-refractivity contribution in [2.75, 3.05) is 0 Å². The number of esters is 1. The Balaban J connectivity index is 1.55. The van der Waals surface area contributed by atoms with E-state index in [9.17, 15) is 9.59 Å². The number of carbonyl (C=O) groups is 2. The quantitative estimate of drug-likeness (QED) is 0.669. The summed E-state index contributed by atoms with van der Waals surface area (Å²) in [7, 11) is 0. The molecular weight excluding hydrogens is 300 g/mol. The van der Waals surface area contributed by atoms with Crippen molar-refractivity contribution in [1.29, 1.82) is 0 Å². The molecule has 134 valence electrons. The van der Waals surface area contributed by atoms with Gasteiger partial charge in [-0.2, -0.15) is 0 Å². The molecule has 0 unspecified atom stereocenters. The fraction of sp³-hybridized carbons (Fsp3) is 0.905. The molecule has 4 aliphatic rings. The van der Waals surface area contributed by atoms with Gasteiger partial charge in [0, 0.05) is 18.8 Å². The standard InChI is InChI=1S/C21H32O3/c1-12-4-7-17-14(8-12)5-6-15-11-21(3)16(9-18(15)17)10-19(23)20(21)24-13(2)22/h12,14-18,20H,4-11H2,1-3H3/t12-,14+,15+,16+,17+,18+,20-,21-/m1/s1. The summed E-state index contributed by atoms with van der Waals surface area (Å²) >= 11 is 0. The molecule has 0 N–H and O–H groups in total. The maximum absolute atomic E-state index is 12.5. The lowest BCUT2D eigenvalue weighted by molar-refractivity contribution is -0.161. The average molecular weight is 332 g/mol. The second-order valence-electron chi connectivity index (χ2n) is 9.65. The summed E-state index contributed by atoms with van der Waals surface area (Å²) in [5.74, 6) is 4.58. The first kappa shape index (κ1) is 16.6. The van der Waals surface area contributed by atoms with Gasteiger partial charge in [-0.3, -0.25) is 9.59 Å². The normalized spacial score (nSPS) is 50.6. The van der Waals surface area contributed by atoms with E-state index < -0.39 is 6.10 Å². The molecule has 0 radical (unpaired) electrons. The number of ether oxygens (including phenoxy) is 1. The molecule has 0 saturated heterocycles. The molecule has 0 spiro atoms. The highest BCUT2D eigenvalue weighted by Crippen LogP contribution is 2.61. The van der Waals surface area contributed by atoms with E-state index in [-0.39, 0.29) is 17.2 Å². The van der Waals surface area contributed by atoms with Crippen LogP contribution in [0.15, 0.2) is 0 Å². The molecule has 24 heavy (non-hydrogen) atoms. The van der Waals surface area contributed by atoms with Gasteiger partial charge in [0.15, 0.2) is 11.9 Å². The number of rotatable bonds is 1. The Morgan fingerprint density at radius 1 is 1.08 bits per heavy atom. The third kappa shape index (κ3) is 2.54. The molecule has 4 fully saturated rings. The lowest BCUT2D eigenvalue weighted by Gasteiger charge is -2.54. The molecule has 3 nitrogen and oxygen atoms in total. The van der Waals surface area contributed by atoms with E-state index >= 15 is 0 Å². The summed E-state index contributed by atoms with van der Waals surface area (Å²) in [5.41, 5.74) is -0.112. The van der Waals surface area contributed by atoms with Crippen molar-refractivity contribution in [1.82, 2.24) is 0 Å². The molecule has 0 aromatic rings. The van der Waals surface area contributed by atoms with Gasteiger partial charge in [0.25, 0.3) is 0 Å². The van der Waals surface area contributed by atoms with Gasteiger partial charge in [-0.15, -0.1) is 0 Å². The number of ketones is 1. The van der Waals surface area contributed by atoms with Crippen molar-refractivity contribution in [2.24, 2.45) is 40.9 Å². The molecule has 0 heterocycles. The smallest absolute Gasteiger partial charge is 0.303 e. The van der Waals surface area contributed by atoms with E-state index in [4.69, 9.17) is 4.74 Å². The number of hydrogen-bond acceptors (Lipinski definition) is 3. The van der Waals surface area contributed by atoms with Crippen LogP contribution < -0.4 is 0 Å². The molecular formula is C21H32O3. The maximum atomic E-state index is 12.5. The Hall–Kier alpha value is -0.860. The SMILES string of the molecule is CC(=O)O[C@@H]1C(=O)C[C@@H]2C[C@H]3[C@@H](CC[C@H]4C[C@H](C)CC[C@@H]43)C[C@]21C. The van der Waals surface area contributed by atoms with Crippen LogP contribution in [0, 0.1) is 40.9 Å². The summed E-state index contributed by atoms with van der Waals surface area (Å²) in [4.78, 5) is 24.0. The first-order valence-corrected chi connectivity index (χ1v) is 10.1. The summed E-state index contributed by atoms with van der Waals surface area (Å²) < 4.78 is 5.51. The monoisotopic (exact) mass is 332 g/mol. The van der Waals surface area contributed by atoms with Crippen LogP contribution in [0.4, 0.5) is 0 Å². The number of fused-ring (bicyclic) bond motifs is 4. The van der Waals surface area contributed by atoms with Crippen LogP contribution in [0.2, 0.25) is 0 Å². The summed E-state index contributed by atoms with van der Waals surface area (Å²) in [6, 6.07) is 0. The second-order valence-corrected chi connectivity index (χ2v) is 9.65. The fourth-order valence-electron chi connectivity index (χ4n) is 7.08. The molecule has 0 aromatic heterocycles. The van der Waals surface area contributed by atoms with Crippen molar-refractivity contribution in [3.8, 4) is 0 Å². The highest BCUT2D eigenvalue weighted by Gasteiger charge is 2.59. The zero-order chi connectivity index (χ0) is 17.1. The Morgan fingerprint density at radius 2 is 1.83 bits per heavy atom. The summed E-state index contributed by atoms with van der Waals surface area (Å²) in [5, 5.41) is 0. The van der Waals surface area contributed by atoms with Gasteiger partial charge in [-0.05, 0) is 74.0 Å². The van der Waals surface area contributed by atoms with Gasteiger partial charge in [0.1, 0.15) is 0 Å². The van der Waals surface area contributed by atoms with Crippen LogP contribution in [0.25, 0.3) is 0 Å². The van der Waals surface area contributed by atoms with Crippen molar-refractivity contribution in [3.63, 3.8) is 0 Å². The number of carbonyl (C=O) groups excluding carboxylic acids is 2. The minimum Gasteiger partial charge on any atom is -0.454 e. The topological polar surface area (TPSA) is 43.4 Å². The van der Waals surface area contributed by atoms with E-state index in [0.717, 1.165) is 36.0 Å². The van der Waals surface area contributed by atoms with Crippen LogP contribution in [0.5, 0.6) is 0 Å². The molecule has 0 aliphatic heterocycles. The highest BCUT2D eigenvalue weighted by atomic mass is 16.5. The largest absolute Gasteiger partial charge is 0.454 e. The van der Waals surface area contributed by atoms with E-state index in [1.165, 1.54) is 45.4 Å². The predicted molar refractivity (Wildman–Crippen MR) is 92.2 cm³/mol. The number of hydrogen-bond donors (Lipinski definition) is 0. The van der Waals surface area contributed by atoms with Gasteiger partial charge in [-0.1, -0.05) is 20.3 Å². The van der Waals surface area contributed by atoms with Gasteiger partial charge >= 0.3 is 5.97 Å². The first-order valence-electron chi connectivity index (χ1n) is 10.1. The highest BCUT2D eigenvalue weighted by molar-refractivity contribution is 5.88. The van der Waals surface area contributed by atoms with Crippen LogP contribution in [0.1, 0.15) is 72.1 Å². The molecule has 3 heteroatoms. The van der Waals surface area contributed by atoms with E-state index in [2.05, 4.69) is 13.8 Å². The minimum atomic E-state index is -0.481. The number of Topliss-reactive ketones (excluding diaryl/α,β-unsaturated/α-hetero) is 1. The lowest BCUT2D eigenvalue weighted by Crippen LogP contribution is -2.49. The minimum absolute atomic E-state index is 0.112. The van der Waals surface area contributed by atoms with E-state index in [0.29, 0.717) is 12.3 Å². The van der Waals surface area contributed by atoms with Crippen molar-refractivity contribution < 1.29 is 14.3 Å². The van der Waals surface area contributed by atoms with Gasteiger partial charge in [-0.25, -0.2) is 0 Å².